The highest BCUT2D eigenvalue weighted by Crippen LogP contribution is 2.22. The Hall–Kier alpha value is -1.06. The molecular formula is C15H26N2O. The lowest BCUT2D eigenvalue weighted by molar-refractivity contribution is 0.282. The predicted molar refractivity (Wildman–Crippen MR) is 78.2 cm³/mol. The maximum Gasteiger partial charge on any atom is 0.0702 e. The summed E-state index contributed by atoms with van der Waals surface area (Å²) in [7, 11) is 4.18. The van der Waals surface area contributed by atoms with Gasteiger partial charge in [-0.05, 0) is 33.5 Å². The van der Waals surface area contributed by atoms with Gasteiger partial charge in [-0.1, -0.05) is 24.6 Å². The van der Waals surface area contributed by atoms with E-state index in [-0.39, 0.29) is 6.61 Å². The summed E-state index contributed by atoms with van der Waals surface area (Å²) in [6, 6.07) is 6.33. The third kappa shape index (κ3) is 4.31. The number of benzene rings is 1. The molecule has 0 atom stereocenters. The SMILES string of the molecule is CCCN(CCN(C)C)c1ccc(C)cc1CO. The van der Waals surface area contributed by atoms with E-state index in [2.05, 4.69) is 55.9 Å². The van der Waals surface area contributed by atoms with Crippen molar-refractivity contribution in [1.29, 1.82) is 0 Å². The fourth-order valence-electron chi connectivity index (χ4n) is 2.09. The largest absolute Gasteiger partial charge is 0.392 e. The lowest BCUT2D eigenvalue weighted by Gasteiger charge is -2.28. The normalized spacial score (nSPS) is 11.0. The van der Waals surface area contributed by atoms with Crippen molar-refractivity contribution >= 4 is 5.69 Å². The van der Waals surface area contributed by atoms with Gasteiger partial charge >= 0.3 is 0 Å². The minimum atomic E-state index is 0.110. The van der Waals surface area contributed by atoms with Gasteiger partial charge in [0.25, 0.3) is 0 Å². The fourth-order valence-corrected chi connectivity index (χ4v) is 2.09. The molecule has 102 valence electrons. The van der Waals surface area contributed by atoms with Gasteiger partial charge in [0.15, 0.2) is 0 Å². The van der Waals surface area contributed by atoms with Crippen LogP contribution in [-0.2, 0) is 6.61 Å². The van der Waals surface area contributed by atoms with Crippen molar-refractivity contribution in [3.63, 3.8) is 0 Å². The monoisotopic (exact) mass is 250 g/mol. The molecule has 0 spiro atoms. The zero-order valence-corrected chi connectivity index (χ0v) is 12.1. The molecular weight excluding hydrogens is 224 g/mol. The number of likely N-dealkylation sites (N-methyl/N-ethyl adjacent to an activating group) is 1. The Morgan fingerprint density at radius 2 is 1.83 bits per heavy atom. The topological polar surface area (TPSA) is 26.7 Å². The van der Waals surface area contributed by atoms with Crippen LogP contribution in [0.15, 0.2) is 18.2 Å². The number of rotatable bonds is 7. The van der Waals surface area contributed by atoms with Crippen LogP contribution in [0.25, 0.3) is 0 Å². The van der Waals surface area contributed by atoms with E-state index < -0.39 is 0 Å². The Balaban J connectivity index is 2.89. The number of hydrogen-bond donors (Lipinski definition) is 1. The highest BCUT2D eigenvalue weighted by Gasteiger charge is 2.10. The molecule has 1 N–H and O–H groups in total. The number of aliphatic hydroxyl groups excluding tert-OH is 1. The second-order valence-electron chi connectivity index (χ2n) is 5.08. The van der Waals surface area contributed by atoms with Crippen LogP contribution < -0.4 is 4.90 Å². The van der Waals surface area contributed by atoms with Crippen LogP contribution in [0.1, 0.15) is 24.5 Å². The van der Waals surface area contributed by atoms with Gasteiger partial charge < -0.3 is 14.9 Å². The van der Waals surface area contributed by atoms with E-state index in [4.69, 9.17) is 0 Å². The lowest BCUT2D eigenvalue weighted by Crippen LogP contribution is -2.33. The number of aryl methyl sites for hydroxylation is 1. The van der Waals surface area contributed by atoms with E-state index in [1.165, 1.54) is 11.3 Å². The summed E-state index contributed by atoms with van der Waals surface area (Å²) in [5.74, 6) is 0. The van der Waals surface area contributed by atoms with Crippen molar-refractivity contribution < 1.29 is 5.11 Å². The molecule has 3 heteroatoms. The van der Waals surface area contributed by atoms with Gasteiger partial charge in [-0.25, -0.2) is 0 Å². The van der Waals surface area contributed by atoms with Crippen molar-refractivity contribution in [2.75, 3.05) is 38.6 Å². The molecule has 0 heterocycles. The van der Waals surface area contributed by atoms with E-state index in [1.807, 2.05) is 0 Å². The lowest BCUT2D eigenvalue weighted by atomic mass is 10.1. The van der Waals surface area contributed by atoms with Crippen LogP contribution >= 0.6 is 0 Å². The average Bonchev–Trinajstić information content (AvgIpc) is 2.34. The maximum absolute atomic E-state index is 9.50. The molecule has 0 bridgehead atoms. The highest BCUT2D eigenvalue weighted by molar-refractivity contribution is 5.54. The second-order valence-corrected chi connectivity index (χ2v) is 5.08. The number of hydrogen-bond acceptors (Lipinski definition) is 3. The summed E-state index contributed by atoms with van der Waals surface area (Å²) in [6.45, 7) is 7.42. The number of nitrogens with zero attached hydrogens (tertiary/aromatic N) is 2. The third-order valence-electron chi connectivity index (χ3n) is 3.06. The molecule has 0 aromatic heterocycles. The van der Waals surface area contributed by atoms with E-state index in [1.54, 1.807) is 0 Å². The molecule has 1 aromatic carbocycles. The van der Waals surface area contributed by atoms with Crippen LogP contribution in [-0.4, -0.2) is 43.7 Å². The zero-order valence-electron chi connectivity index (χ0n) is 12.1. The summed E-state index contributed by atoms with van der Waals surface area (Å²) in [5, 5.41) is 9.50. The summed E-state index contributed by atoms with van der Waals surface area (Å²) in [4.78, 5) is 4.56. The average molecular weight is 250 g/mol. The molecule has 0 unspecified atom stereocenters. The molecule has 0 aliphatic carbocycles. The van der Waals surface area contributed by atoms with Crippen molar-refractivity contribution in [2.45, 2.75) is 26.9 Å². The number of anilines is 1. The number of aliphatic hydroxyl groups is 1. The summed E-state index contributed by atoms with van der Waals surface area (Å²) in [5.41, 5.74) is 3.40. The quantitative estimate of drug-likeness (QED) is 0.804. The molecule has 0 amide bonds. The standard InChI is InChI=1S/C15H26N2O/c1-5-8-17(10-9-16(3)4)15-7-6-13(2)11-14(15)12-18/h6-7,11,18H,5,8-10,12H2,1-4H3. The molecule has 0 saturated heterocycles. The Labute approximate surface area is 111 Å². The van der Waals surface area contributed by atoms with Gasteiger partial charge in [-0.15, -0.1) is 0 Å². The van der Waals surface area contributed by atoms with E-state index >= 15 is 0 Å². The van der Waals surface area contributed by atoms with Crippen LogP contribution in [0.3, 0.4) is 0 Å². The van der Waals surface area contributed by atoms with Crippen LogP contribution in [0.5, 0.6) is 0 Å². The smallest absolute Gasteiger partial charge is 0.0702 e. The molecule has 1 aromatic rings. The van der Waals surface area contributed by atoms with Gasteiger partial charge in [0, 0.05) is 30.9 Å². The van der Waals surface area contributed by atoms with Gasteiger partial charge in [0.2, 0.25) is 0 Å². The highest BCUT2D eigenvalue weighted by atomic mass is 16.3. The van der Waals surface area contributed by atoms with Crippen molar-refractivity contribution in [3.05, 3.63) is 29.3 Å². The third-order valence-corrected chi connectivity index (χ3v) is 3.06. The second kappa shape index (κ2) is 7.39. The van der Waals surface area contributed by atoms with Gasteiger partial charge in [-0.2, -0.15) is 0 Å². The maximum atomic E-state index is 9.50. The van der Waals surface area contributed by atoms with Gasteiger partial charge in [0.1, 0.15) is 0 Å². The first kappa shape index (κ1) is 15.0. The van der Waals surface area contributed by atoms with E-state index in [9.17, 15) is 5.11 Å². The van der Waals surface area contributed by atoms with Crippen molar-refractivity contribution in [3.8, 4) is 0 Å². The van der Waals surface area contributed by atoms with Crippen LogP contribution in [0.4, 0.5) is 5.69 Å². The fraction of sp³-hybridized carbons (Fsp3) is 0.600. The first-order valence-corrected chi connectivity index (χ1v) is 6.68. The Morgan fingerprint density at radius 3 is 2.39 bits per heavy atom. The molecule has 18 heavy (non-hydrogen) atoms. The summed E-state index contributed by atoms with van der Waals surface area (Å²) < 4.78 is 0. The van der Waals surface area contributed by atoms with Gasteiger partial charge in [0.05, 0.1) is 6.61 Å². The van der Waals surface area contributed by atoms with Gasteiger partial charge in [-0.3, -0.25) is 0 Å². The molecule has 1 rings (SSSR count). The Bertz CT molecular complexity index is 364. The molecule has 0 aliphatic heterocycles. The molecule has 0 fully saturated rings. The molecule has 0 aliphatic rings. The minimum absolute atomic E-state index is 0.110. The predicted octanol–water partition coefficient (Wildman–Crippen LogP) is 2.27. The van der Waals surface area contributed by atoms with E-state index in [0.29, 0.717) is 0 Å². The Kier molecular flexibility index (Phi) is 6.16. The minimum Gasteiger partial charge on any atom is -0.392 e. The first-order chi connectivity index (χ1) is 8.58. The zero-order chi connectivity index (χ0) is 13.5. The summed E-state index contributed by atoms with van der Waals surface area (Å²) in [6.07, 6.45) is 1.12. The molecule has 0 radical (unpaired) electrons. The molecule has 3 nitrogen and oxygen atoms in total. The first-order valence-electron chi connectivity index (χ1n) is 6.68. The summed E-state index contributed by atoms with van der Waals surface area (Å²) >= 11 is 0. The van der Waals surface area contributed by atoms with Crippen LogP contribution in [0.2, 0.25) is 0 Å². The Morgan fingerprint density at radius 1 is 1.11 bits per heavy atom. The van der Waals surface area contributed by atoms with E-state index in [0.717, 1.165) is 31.6 Å². The van der Waals surface area contributed by atoms with Crippen LogP contribution in [0, 0.1) is 6.92 Å². The molecule has 0 saturated carbocycles. The van der Waals surface area contributed by atoms with Crippen molar-refractivity contribution in [1.82, 2.24) is 4.90 Å². The van der Waals surface area contributed by atoms with Crippen molar-refractivity contribution in [2.24, 2.45) is 0 Å².